The molecule has 2 N–H and O–H groups in total. The van der Waals surface area contributed by atoms with E-state index in [2.05, 4.69) is 11.9 Å². The molecule has 0 aromatic carbocycles. The molecule has 2 rings (SSSR count). The van der Waals surface area contributed by atoms with Crippen molar-refractivity contribution in [1.82, 2.24) is 4.90 Å². The van der Waals surface area contributed by atoms with Crippen LogP contribution in [0.5, 0.6) is 0 Å². The molecule has 0 radical (unpaired) electrons. The summed E-state index contributed by atoms with van der Waals surface area (Å²) in [6.07, 6.45) is 6.76. The third-order valence-electron chi connectivity index (χ3n) is 4.32. The fraction of sp³-hybridized carbons (Fsp3) is 1.00. The summed E-state index contributed by atoms with van der Waals surface area (Å²) in [6.45, 7) is 3.87. The van der Waals surface area contributed by atoms with Crippen LogP contribution < -0.4 is 5.73 Å². The van der Waals surface area contributed by atoms with Crippen molar-refractivity contribution in [3.63, 3.8) is 0 Å². The van der Waals surface area contributed by atoms with Crippen LogP contribution in [0, 0.1) is 11.8 Å². The Bertz CT molecular complexity index is 200. The van der Waals surface area contributed by atoms with Crippen molar-refractivity contribution >= 4 is 0 Å². The molecule has 0 bridgehead atoms. The number of rotatable bonds is 5. The SMILES string of the molecule is CN(CC1CCC1)C(CN)C1CCCOC1. The van der Waals surface area contributed by atoms with E-state index in [1.54, 1.807) is 0 Å². The number of likely N-dealkylation sites (N-methyl/N-ethyl adjacent to an activating group) is 1. The zero-order valence-electron chi connectivity index (χ0n) is 10.5. The molecule has 3 heteroatoms. The number of ether oxygens (including phenoxy) is 1. The number of hydrogen-bond acceptors (Lipinski definition) is 3. The van der Waals surface area contributed by atoms with Crippen LogP contribution in [0.1, 0.15) is 32.1 Å². The molecule has 2 aliphatic rings. The van der Waals surface area contributed by atoms with Crippen LogP contribution in [0.25, 0.3) is 0 Å². The van der Waals surface area contributed by atoms with Crippen LogP contribution in [0.2, 0.25) is 0 Å². The Hall–Kier alpha value is -0.120. The van der Waals surface area contributed by atoms with Gasteiger partial charge in [-0.05, 0) is 44.6 Å². The predicted octanol–water partition coefficient (Wildman–Crippen LogP) is 1.47. The van der Waals surface area contributed by atoms with Gasteiger partial charge in [0.25, 0.3) is 0 Å². The topological polar surface area (TPSA) is 38.5 Å². The van der Waals surface area contributed by atoms with Gasteiger partial charge in [-0.2, -0.15) is 0 Å². The molecule has 16 heavy (non-hydrogen) atoms. The van der Waals surface area contributed by atoms with Crippen molar-refractivity contribution in [2.75, 3.05) is 33.4 Å². The summed E-state index contributed by atoms with van der Waals surface area (Å²) in [5, 5.41) is 0. The van der Waals surface area contributed by atoms with Gasteiger partial charge in [0.1, 0.15) is 0 Å². The largest absolute Gasteiger partial charge is 0.381 e. The van der Waals surface area contributed by atoms with Crippen LogP contribution >= 0.6 is 0 Å². The van der Waals surface area contributed by atoms with E-state index in [4.69, 9.17) is 10.5 Å². The average molecular weight is 226 g/mol. The van der Waals surface area contributed by atoms with Crippen LogP contribution in [-0.2, 0) is 4.74 Å². The van der Waals surface area contributed by atoms with Crippen molar-refractivity contribution in [2.24, 2.45) is 17.6 Å². The summed E-state index contributed by atoms with van der Waals surface area (Å²) in [5.41, 5.74) is 5.94. The van der Waals surface area contributed by atoms with Crippen molar-refractivity contribution < 1.29 is 4.74 Å². The highest BCUT2D eigenvalue weighted by Crippen LogP contribution is 2.28. The second-order valence-electron chi connectivity index (χ2n) is 5.52. The van der Waals surface area contributed by atoms with Gasteiger partial charge in [-0.1, -0.05) is 6.42 Å². The minimum absolute atomic E-state index is 0.529. The second kappa shape index (κ2) is 5.99. The molecule has 1 aliphatic heterocycles. The summed E-state index contributed by atoms with van der Waals surface area (Å²) in [6, 6.07) is 0.529. The van der Waals surface area contributed by atoms with Gasteiger partial charge in [-0.25, -0.2) is 0 Å². The molecular formula is C13H26N2O. The van der Waals surface area contributed by atoms with Gasteiger partial charge in [-0.15, -0.1) is 0 Å². The molecule has 1 saturated carbocycles. The number of nitrogens with zero attached hydrogens (tertiary/aromatic N) is 1. The summed E-state index contributed by atoms with van der Waals surface area (Å²) < 4.78 is 5.58. The zero-order chi connectivity index (χ0) is 11.4. The first kappa shape index (κ1) is 12.3. The molecule has 0 amide bonds. The molecule has 94 valence electrons. The first-order valence-corrected chi connectivity index (χ1v) is 6.79. The summed E-state index contributed by atoms with van der Waals surface area (Å²) in [7, 11) is 2.24. The third kappa shape index (κ3) is 2.96. The Morgan fingerprint density at radius 2 is 2.12 bits per heavy atom. The molecule has 2 unspecified atom stereocenters. The van der Waals surface area contributed by atoms with Gasteiger partial charge in [-0.3, -0.25) is 0 Å². The maximum absolute atomic E-state index is 5.94. The summed E-state index contributed by atoms with van der Waals surface area (Å²) >= 11 is 0. The minimum Gasteiger partial charge on any atom is -0.381 e. The first-order valence-electron chi connectivity index (χ1n) is 6.79. The first-order chi connectivity index (χ1) is 7.81. The monoisotopic (exact) mass is 226 g/mol. The third-order valence-corrected chi connectivity index (χ3v) is 4.32. The Balaban J connectivity index is 1.81. The van der Waals surface area contributed by atoms with Gasteiger partial charge >= 0.3 is 0 Å². The van der Waals surface area contributed by atoms with Gasteiger partial charge in [0.2, 0.25) is 0 Å². The van der Waals surface area contributed by atoms with E-state index < -0.39 is 0 Å². The van der Waals surface area contributed by atoms with Gasteiger partial charge in [0.15, 0.2) is 0 Å². The lowest BCUT2D eigenvalue weighted by molar-refractivity contribution is 0.0112. The molecule has 1 heterocycles. The average Bonchev–Trinajstić information content (AvgIpc) is 2.26. The molecule has 1 aliphatic carbocycles. The molecule has 2 fully saturated rings. The van der Waals surface area contributed by atoms with Gasteiger partial charge in [0.05, 0.1) is 6.61 Å². The Labute approximate surface area is 99.3 Å². The van der Waals surface area contributed by atoms with E-state index in [1.165, 1.54) is 38.6 Å². The van der Waals surface area contributed by atoms with E-state index in [-0.39, 0.29) is 0 Å². The molecule has 2 atom stereocenters. The van der Waals surface area contributed by atoms with Crippen molar-refractivity contribution in [3.8, 4) is 0 Å². The highest BCUT2D eigenvalue weighted by molar-refractivity contribution is 4.83. The fourth-order valence-electron chi connectivity index (χ4n) is 3.02. The van der Waals surface area contributed by atoms with Crippen LogP contribution in [0.4, 0.5) is 0 Å². The van der Waals surface area contributed by atoms with E-state index in [1.807, 2.05) is 0 Å². The number of hydrogen-bond donors (Lipinski definition) is 1. The normalized spacial score (nSPS) is 29.1. The highest BCUT2D eigenvalue weighted by Gasteiger charge is 2.28. The summed E-state index contributed by atoms with van der Waals surface area (Å²) in [4.78, 5) is 2.49. The van der Waals surface area contributed by atoms with Crippen molar-refractivity contribution in [2.45, 2.75) is 38.1 Å². The van der Waals surface area contributed by atoms with Gasteiger partial charge < -0.3 is 15.4 Å². The lowest BCUT2D eigenvalue weighted by atomic mass is 9.84. The lowest BCUT2D eigenvalue weighted by Gasteiger charge is -2.39. The molecule has 1 saturated heterocycles. The molecule has 3 nitrogen and oxygen atoms in total. The maximum atomic E-state index is 5.94. The van der Waals surface area contributed by atoms with E-state index in [9.17, 15) is 0 Å². The molecule has 0 spiro atoms. The number of nitrogens with two attached hydrogens (primary N) is 1. The van der Waals surface area contributed by atoms with Crippen molar-refractivity contribution in [1.29, 1.82) is 0 Å². The lowest BCUT2D eigenvalue weighted by Crippen LogP contribution is -2.48. The zero-order valence-corrected chi connectivity index (χ0v) is 10.5. The Morgan fingerprint density at radius 1 is 1.31 bits per heavy atom. The fourth-order valence-corrected chi connectivity index (χ4v) is 3.02. The highest BCUT2D eigenvalue weighted by atomic mass is 16.5. The molecule has 0 aromatic rings. The minimum atomic E-state index is 0.529. The Kier molecular flexibility index (Phi) is 4.62. The molecular weight excluding hydrogens is 200 g/mol. The second-order valence-corrected chi connectivity index (χ2v) is 5.52. The van der Waals surface area contributed by atoms with E-state index >= 15 is 0 Å². The van der Waals surface area contributed by atoms with Gasteiger partial charge in [0, 0.05) is 25.7 Å². The smallest absolute Gasteiger partial charge is 0.0509 e. The standard InChI is InChI=1S/C13H26N2O/c1-15(9-11-4-2-5-11)13(8-14)12-6-3-7-16-10-12/h11-13H,2-10,14H2,1H3. The predicted molar refractivity (Wildman–Crippen MR) is 66.4 cm³/mol. The van der Waals surface area contributed by atoms with Crippen LogP contribution in [0.15, 0.2) is 0 Å². The molecule has 0 aromatic heterocycles. The summed E-state index contributed by atoms with van der Waals surface area (Å²) in [5.74, 6) is 1.59. The van der Waals surface area contributed by atoms with Crippen molar-refractivity contribution in [3.05, 3.63) is 0 Å². The van der Waals surface area contributed by atoms with Crippen LogP contribution in [-0.4, -0.2) is 44.3 Å². The van der Waals surface area contributed by atoms with E-state index in [0.717, 1.165) is 25.7 Å². The van der Waals surface area contributed by atoms with E-state index in [0.29, 0.717) is 12.0 Å². The maximum Gasteiger partial charge on any atom is 0.0509 e. The quantitative estimate of drug-likeness (QED) is 0.771. The Morgan fingerprint density at radius 3 is 2.62 bits per heavy atom. The van der Waals surface area contributed by atoms with Crippen LogP contribution in [0.3, 0.4) is 0 Å².